The minimum Gasteiger partial charge on any atom is -0.358 e. The fourth-order valence-corrected chi connectivity index (χ4v) is 2.30. The predicted molar refractivity (Wildman–Crippen MR) is 70.2 cm³/mol. The lowest BCUT2D eigenvalue weighted by Crippen LogP contribution is -2.44. The van der Waals surface area contributed by atoms with Crippen LogP contribution in [0.4, 0.5) is 19.0 Å². The van der Waals surface area contributed by atoms with Crippen LogP contribution in [-0.4, -0.2) is 38.1 Å². The van der Waals surface area contributed by atoms with Crippen LogP contribution in [0.2, 0.25) is 0 Å². The first kappa shape index (κ1) is 14.5. The topological polar surface area (TPSA) is 84.2 Å². The van der Waals surface area contributed by atoms with Gasteiger partial charge in [0.25, 0.3) is 11.6 Å². The monoisotopic (exact) mass is 314 g/mol. The van der Waals surface area contributed by atoms with Crippen LogP contribution in [0.25, 0.3) is 5.78 Å². The zero-order valence-corrected chi connectivity index (χ0v) is 11.6. The highest BCUT2D eigenvalue weighted by Gasteiger charge is 2.37. The molecule has 1 fully saturated rings. The van der Waals surface area contributed by atoms with Crippen molar-refractivity contribution in [1.29, 1.82) is 0 Å². The normalized spacial score (nSPS) is 19.3. The lowest BCUT2D eigenvalue weighted by atomic mass is 10.1. The minimum absolute atomic E-state index is 0.161. The molecule has 1 saturated heterocycles. The molecule has 7 nitrogen and oxygen atoms in total. The molecule has 0 bridgehead atoms. The number of rotatable bonds is 2. The van der Waals surface area contributed by atoms with E-state index < -0.39 is 18.0 Å². The summed E-state index contributed by atoms with van der Waals surface area (Å²) in [5.41, 5.74) is 0.479. The number of nitrogens with zero attached hydrogens (tertiary/aromatic N) is 4. The van der Waals surface area contributed by atoms with E-state index in [9.17, 15) is 18.0 Å². The molecule has 3 rings (SSSR count). The SMILES string of the molecule is Cc1cc(N[C@@H]2CCCNC2=O)n2nc(C(F)(F)F)nc2n1. The van der Waals surface area contributed by atoms with E-state index in [0.717, 1.165) is 10.9 Å². The summed E-state index contributed by atoms with van der Waals surface area (Å²) in [7, 11) is 0. The Hall–Kier alpha value is -2.39. The average molecular weight is 314 g/mol. The molecule has 10 heteroatoms. The van der Waals surface area contributed by atoms with Gasteiger partial charge in [-0.25, -0.2) is 4.98 Å². The van der Waals surface area contributed by atoms with Crippen LogP contribution in [0, 0.1) is 6.92 Å². The first-order chi connectivity index (χ1) is 10.3. The maximum absolute atomic E-state index is 12.7. The van der Waals surface area contributed by atoms with Crippen molar-refractivity contribution in [1.82, 2.24) is 24.9 Å². The maximum Gasteiger partial charge on any atom is 0.453 e. The van der Waals surface area contributed by atoms with E-state index in [2.05, 4.69) is 25.7 Å². The number of aryl methyl sites for hydroxylation is 1. The van der Waals surface area contributed by atoms with E-state index in [4.69, 9.17) is 0 Å². The molecule has 1 amide bonds. The highest BCUT2D eigenvalue weighted by atomic mass is 19.4. The first-order valence-electron chi connectivity index (χ1n) is 6.70. The van der Waals surface area contributed by atoms with E-state index in [-0.39, 0.29) is 17.5 Å². The van der Waals surface area contributed by atoms with Crippen LogP contribution >= 0.6 is 0 Å². The Kier molecular flexibility index (Phi) is 3.38. The molecule has 0 spiro atoms. The molecule has 0 unspecified atom stereocenters. The molecular formula is C12H13F3N6O. The second kappa shape index (κ2) is 5.11. The fourth-order valence-electron chi connectivity index (χ4n) is 2.30. The van der Waals surface area contributed by atoms with Crippen molar-refractivity contribution < 1.29 is 18.0 Å². The lowest BCUT2D eigenvalue weighted by Gasteiger charge is -2.23. The van der Waals surface area contributed by atoms with Gasteiger partial charge in [0, 0.05) is 18.3 Å². The van der Waals surface area contributed by atoms with Gasteiger partial charge in [0.15, 0.2) is 0 Å². The number of hydrogen-bond acceptors (Lipinski definition) is 5. The van der Waals surface area contributed by atoms with Crippen LogP contribution in [0.1, 0.15) is 24.4 Å². The van der Waals surface area contributed by atoms with E-state index in [1.165, 1.54) is 6.07 Å². The van der Waals surface area contributed by atoms with Gasteiger partial charge in [-0.1, -0.05) is 0 Å². The Balaban J connectivity index is 2.01. The van der Waals surface area contributed by atoms with Gasteiger partial charge in [-0.3, -0.25) is 4.79 Å². The summed E-state index contributed by atoms with van der Waals surface area (Å²) in [6.45, 7) is 2.23. The number of carbonyl (C=O) groups is 1. The highest BCUT2D eigenvalue weighted by Crippen LogP contribution is 2.27. The zero-order valence-electron chi connectivity index (χ0n) is 11.6. The van der Waals surface area contributed by atoms with Crippen molar-refractivity contribution in [2.75, 3.05) is 11.9 Å². The molecular weight excluding hydrogens is 301 g/mol. The minimum atomic E-state index is -4.65. The zero-order chi connectivity index (χ0) is 15.9. The quantitative estimate of drug-likeness (QED) is 0.868. The Labute approximate surface area is 122 Å². The fraction of sp³-hybridized carbons (Fsp3) is 0.500. The summed E-state index contributed by atoms with van der Waals surface area (Å²) in [5.74, 6) is -1.36. The molecule has 3 heterocycles. The molecule has 0 aliphatic carbocycles. The van der Waals surface area contributed by atoms with Crippen molar-refractivity contribution >= 4 is 17.5 Å². The number of alkyl halides is 3. The van der Waals surface area contributed by atoms with E-state index >= 15 is 0 Å². The van der Waals surface area contributed by atoms with Gasteiger partial charge in [0.1, 0.15) is 11.9 Å². The maximum atomic E-state index is 12.7. The number of nitrogens with one attached hydrogen (secondary N) is 2. The molecule has 2 aromatic rings. The van der Waals surface area contributed by atoms with Crippen molar-refractivity contribution in [3.63, 3.8) is 0 Å². The summed E-state index contributed by atoms with van der Waals surface area (Å²) >= 11 is 0. The first-order valence-corrected chi connectivity index (χ1v) is 6.70. The Morgan fingerprint density at radius 1 is 1.41 bits per heavy atom. The number of fused-ring (bicyclic) bond motifs is 1. The summed E-state index contributed by atoms with van der Waals surface area (Å²) < 4.78 is 39.2. The summed E-state index contributed by atoms with van der Waals surface area (Å²) in [4.78, 5) is 19.1. The van der Waals surface area contributed by atoms with Crippen LogP contribution in [0.3, 0.4) is 0 Å². The van der Waals surface area contributed by atoms with E-state index in [1.807, 2.05) is 0 Å². The van der Waals surface area contributed by atoms with Gasteiger partial charge in [-0.05, 0) is 19.8 Å². The van der Waals surface area contributed by atoms with Crippen molar-refractivity contribution in [2.24, 2.45) is 0 Å². The molecule has 1 aliphatic rings. The standard InChI is InChI=1S/C12H13F3N6O/c1-6-5-8(18-7-3-2-4-16-9(7)22)21-11(17-6)19-10(20-21)12(13,14)15/h5,7,18H,2-4H2,1H3,(H,16,22)/t7-/m1/s1. The molecule has 0 radical (unpaired) electrons. The van der Waals surface area contributed by atoms with Gasteiger partial charge >= 0.3 is 6.18 Å². The second-order valence-corrected chi connectivity index (χ2v) is 5.06. The van der Waals surface area contributed by atoms with Crippen molar-refractivity contribution in [3.05, 3.63) is 17.6 Å². The average Bonchev–Trinajstić information content (AvgIpc) is 2.85. The van der Waals surface area contributed by atoms with Gasteiger partial charge in [0.2, 0.25) is 5.91 Å². The Morgan fingerprint density at radius 2 is 2.18 bits per heavy atom. The van der Waals surface area contributed by atoms with Crippen LogP contribution < -0.4 is 10.6 Å². The molecule has 0 aromatic carbocycles. The van der Waals surface area contributed by atoms with Gasteiger partial charge in [-0.2, -0.15) is 22.7 Å². The Morgan fingerprint density at radius 3 is 2.86 bits per heavy atom. The number of aromatic nitrogens is 4. The highest BCUT2D eigenvalue weighted by molar-refractivity contribution is 5.85. The summed E-state index contributed by atoms with van der Waals surface area (Å²) in [5, 5.41) is 9.06. The largest absolute Gasteiger partial charge is 0.453 e. The third kappa shape index (κ3) is 2.68. The van der Waals surface area contributed by atoms with Gasteiger partial charge in [0.05, 0.1) is 0 Å². The molecule has 1 aliphatic heterocycles. The van der Waals surface area contributed by atoms with Crippen LogP contribution in [-0.2, 0) is 11.0 Å². The summed E-state index contributed by atoms with van der Waals surface area (Å²) in [6.07, 6.45) is -3.27. The lowest BCUT2D eigenvalue weighted by molar-refractivity contribution is -0.144. The summed E-state index contributed by atoms with van der Waals surface area (Å²) in [6, 6.07) is 1.02. The number of amides is 1. The van der Waals surface area contributed by atoms with Gasteiger partial charge < -0.3 is 10.6 Å². The van der Waals surface area contributed by atoms with Crippen molar-refractivity contribution in [2.45, 2.75) is 32.0 Å². The molecule has 22 heavy (non-hydrogen) atoms. The number of carbonyl (C=O) groups excluding carboxylic acids is 1. The molecule has 118 valence electrons. The third-order valence-corrected chi connectivity index (χ3v) is 3.30. The molecule has 1 atom stereocenters. The molecule has 0 saturated carbocycles. The van der Waals surface area contributed by atoms with E-state index in [0.29, 0.717) is 18.7 Å². The third-order valence-electron chi connectivity index (χ3n) is 3.30. The van der Waals surface area contributed by atoms with Crippen molar-refractivity contribution in [3.8, 4) is 0 Å². The smallest absolute Gasteiger partial charge is 0.358 e. The molecule has 2 aromatic heterocycles. The van der Waals surface area contributed by atoms with Crippen LogP contribution in [0.5, 0.6) is 0 Å². The molecule has 2 N–H and O–H groups in total. The van der Waals surface area contributed by atoms with E-state index in [1.54, 1.807) is 6.92 Å². The predicted octanol–water partition coefficient (Wildman–Crippen LogP) is 1.14. The number of piperidine rings is 1. The Bertz CT molecular complexity index is 725. The van der Waals surface area contributed by atoms with Crippen LogP contribution in [0.15, 0.2) is 6.07 Å². The number of hydrogen-bond donors (Lipinski definition) is 2. The second-order valence-electron chi connectivity index (χ2n) is 5.06. The number of halogens is 3. The van der Waals surface area contributed by atoms with Gasteiger partial charge in [-0.15, -0.1) is 5.10 Å². The number of anilines is 1.